The molecule has 1 aliphatic rings. The number of carbonyl (C=O) groups is 1. The van der Waals surface area contributed by atoms with Crippen molar-refractivity contribution >= 4 is 17.5 Å². The lowest BCUT2D eigenvalue weighted by Crippen LogP contribution is -2.29. The maximum absolute atomic E-state index is 13.5. The van der Waals surface area contributed by atoms with E-state index in [1.54, 1.807) is 24.3 Å². The molecule has 5 rings (SSSR count). The second-order valence-electron chi connectivity index (χ2n) is 7.85. The van der Waals surface area contributed by atoms with E-state index in [0.29, 0.717) is 35.3 Å². The number of aromatic hydroxyl groups is 1. The van der Waals surface area contributed by atoms with Gasteiger partial charge in [0.25, 0.3) is 5.91 Å². The van der Waals surface area contributed by atoms with Gasteiger partial charge < -0.3 is 14.7 Å². The van der Waals surface area contributed by atoms with Crippen LogP contribution in [0.15, 0.2) is 72.8 Å². The number of hydrogen-bond acceptors (Lipinski definition) is 4. The Balaban J connectivity index is 1.66. The Morgan fingerprint density at radius 1 is 1.09 bits per heavy atom. The largest absolute Gasteiger partial charge is 0.504 e. The number of nitrogens with zero attached hydrogens (tertiary/aromatic N) is 2. The summed E-state index contributed by atoms with van der Waals surface area (Å²) in [7, 11) is 0. The van der Waals surface area contributed by atoms with E-state index in [2.05, 4.69) is 10.2 Å². The van der Waals surface area contributed by atoms with Gasteiger partial charge in [-0.15, -0.1) is 0 Å². The molecule has 1 atom stereocenters. The first-order valence-electron chi connectivity index (χ1n) is 10.7. The van der Waals surface area contributed by atoms with Crippen molar-refractivity contribution in [2.24, 2.45) is 0 Å². The van der Waals surface area contributed by atoms with Gasteiger partial charge >= 0.3 is 0 Å². The van der Waals surface area contributed by atoms with Crippen molar-refractivity contribution in [3.63, 3.8) is 0 Å². The predicted octanol–water partition coefficient (Wildman–Crippen LogP) is 5.58. The van der Waals surface area contributed by atoms with Gasteiger partial charge in [0.1, 0.15) is 5.69 Å². The normalized spacial score (nSPS) is 15.0. The van der Waals surface area contributed by atoms with E-state index in [4.69, 9.17) is 16.3 Å². The van der Waals surface area contributed by atoms with Crippen molar-refractivity contribution in [1.29, 1.82) is 0 Å². The number of halogens is 1. The van der Waals surface area contributed by atoms with Gasteiger partial charge in [-0.05, 0) is 42.3 Å². The quantitative estimate of drug-likeness (QED) is 0.394. The van der Waals surface area contributed by atoms with Crippen molar-refractivity contribution < 1.29 is 14.6 Å². The topological polar surface area (TPSA) is 78.5 Å². The highest BCUT2D eigenvalue weighted by Crippen LogP contribution is 2.45. The molecule has 4 aromatic rings. The fraction of sp³-hybridized carbons (Fsp3) is 0.154. The van der Waals surface area contributed by atoms with Gasteiger partial charge in [-0.25, -0.2) is 0 Å². The van der Waals surface area contributed by atoms with Crippen molar-refractivity contribution in [2.75, 3.05) is 6.61 Å². The first-order valence-corrected chi connectivity index (χ1v) is 11.1. The molecule has 0 radical (unpaired) electrons. The van der Waals surface area contributed by atoms with Crippen molar-refractivity contribution in [2.45, 2.75) is 19.5 Å². The highest BCUT2D eigenvalue weighted by molar-refractivity contribution is 6.30. The fourth-order valence-electron chi connectivity index (χ4n) is 4.29. The molecular formula is C26H22ClN3O3. The molecule has 0 spiro atoms. The molecule has 3 aromatic carbocycles. The number of carbonyl (C=O) groups excluding carboxylic acids is 1. The first-order chi connectivity index (χ1) is 16.1. The second kappa shape index (κ2) is 8.64. The molecule has 0 fully saturated rings. The lowest BCUT2D eigenvalue weighted by Gasteiger charge is -2.27. The molecule has 2 N–H and O–H groups in total. The smallest absolute Gasteiger partial charge is 0.273 e. The zero-order chi connectivity index (χ0) is 22.9. The molecule has 166 valence electrons. The molecule has 1 aliphatic heterocycles. The number of rotatable bonds is 6. The Kier molecular flexibility index (Phi) is 5.52. The monoisotopic (exact) mass is 459 g/mol. The summed E-state index contributed by atoms with van der Waals surface area (Å²) < 4.78 is 5.62. The standard InChI is InChI=1S/C26H22ClN3O3/c1-2-33-21-14-18(10-13-20(21)31)25-22-23(17-8-11-19(27)12-9-17)28-29-24(22)26(32)30(25)15-16-6-4-3-5-7-16/h3-14,25,31H,2,15H2,1H3,(H,28,29). The van der Waals surface area contributed by atoms with Crippen LogP contribution in [0.1, 0.15) is 40.1 Å². The molecule has 1 unspecified atom stereocenters. The number of hydrogen-bond donors (Lipinski definition) is 2. The van der Waals surface area contributed by atoms with E-state index in [0.717, 1.165) is 22.3 Å². The number of nitrogens with one attached hydrogen (secondary N) is 1. The number of benzene rings is 3. The van der Waals surface area contributed by atoms with Crippen LogP contribution in [0, 0.1) is 0 Å². The summed E-state index contributed by atoms with van der Waals surface area (Å²) in [6.07, 6.45) is 0. The van der Waals surface area contributed by atoms with Crippen molar-refractivity contribution in [3.8, 4) is 22.8 Å². The number of ether oxygens (including phenoxy) is 1. The molecule has 6 nitrogen and oxygen atoms in total. The van der Waals surface area contributed by atoms with E-state index in [-0.39, 0.29) is 11.7 Å². The molecule has 1 aromatic heterocycles. The summed E-state index contributed by atoms with van der Waals surface area (Å²) in [5.74, 6) is 0.314. The molecule has 0 saturated heterocycles. The van der Waals surface area contributed by atoms with Crippen LogP contribution in [0.3, 0.4) is 0 Å². The minimum atomic E-state index is -0.406. The van der Waals surface area contributed by atoms with E-state index >= 15 is 0 Å². The molecule has 0 saturated carbocycles. The third-order valence-electron chi connectivity index (χ3n) is 5.78. The van der Waals surface area contributed by atoms with E-state index in [1.165, 1.54) is 0 Å². The highest BCUT2D eigenvalue weighted by atomic mass is 35.5. The Hall–Kier alpha value is -3.77. The van der Waals surface area contributed by atoms with Crippen LogP contribution in [0.5, 0.6) is 11.5 Å². The molecule has 2 heterocycles. The molecule has 0 bridgehead atoms. The zero-order valence-electron chi connectivity index (χ0n) is 18.0. The number of fused-ring (bicyclic) bond motifs is 1. The summed E-state index contributed by atoms with van der Waals surface area (Å²) >= 11 is 6.09. The fourth-order valence-corrected chi connectivity index (χ4v) is 4.41. The van der Waals surface area contributed by atoms with Gasteiger partial charge in [0, 0.05) is 22.7 Å². The minimum absolute atomic E-state index is 0.0601. The number of phenols is 1. The Labute approximate surface area is 196 Å². The van der Waals surface area contributed by atoms with Gasteiger partial charge in [0.05, 0.1) is 18.3 Å². The summed E-state index contributed by atoms with van der Waals surface area (Å²) in [4.78, 5) is 15.3. The Morgan fingerprint density at radius 2 is 1.85 bits per heavy atom. The average molecular weight is 460 g/mol. The first kappa shape index (κ1) is 21.1. The van der Waals surface area contributed by atoms with Crippen LogP contribution in [-0.4, -0.2) is 32.7 Å². The summed E-state index contributed by atoms with van der Waals surface area (Å²) in [5.41, 5.74) is 4.67. The summed E-state index contributed by atoms with van der Waals surface area (Å²) in [6, 6.07) is 22.1. The summed E-state index contributed by atoms with van der Waals surface area (Å²) in [6.45, 7) is 2.71. The SMILES string of the molecule is CCOc1cc(C2c3c(-c4ccc(Cl)cc4)n[nH]c3C(=O)N2Cc2ccccc2)ccc1O. The number of aromatic amines is 1. The van der Waals surface area contributed by atoms with Crippen LogP contribution in [0.25, 0.3) is 11.3 Å². The molecule has 33 heavy (non-hydrogen) atoms. The van der Waals surface area contributed by atoms with Gasteiger partial charge in [0.15, 0.2) is 11.5 Å². The van der Waals surface area contributed by atoms with Crippen LogP contribution in [0.2, 0.25) is 5.02 Å². The number of H-pyrrole nitrogens is 1. The third-order valence-corrected chi connectivity index (χ3v) is 6.03. The maximum atomic E-state index is 13.5. The van der Waals surface area contributed by atoms with Gasteiger partial charge in [-0.1, -0.05) is 60.1 Å². The van der Waals surface area contributed by atoms with Crippen molar-refractivity contribution in [1.82, 2.24) is 15.1 Å². The third kappa shape index (κ3) is 3.83. The van der Waals surface area contributed by atoms with Crippen LogP contribution in [0.4, 0.5) is 0 Å². The van der Waals surface area contributed by atoms with E-state index in [1.807, 2.05) is 60.4 Å². The van der Waals surface area contributed by atoms with Crippen LogP contribution in [-0.2, 0) is 6.54 Å². The van der Waals surface area contributed by atoms with Gasteiger partial charge in [0.2, 0.25) is 0 Å². The lowest BCUT2D eigenvalue weighted by molar-refractivity contribution is 0.0730. The molecule has 1 amide bonds. The minimum Gasteiger partial charge on any atom is -0.504 e. The van der Waals surface area contributed by atoms with E-state index in [9.17, 15) is 9.90 Å². The molecule has 0 aliphatic carbocycles. The maximum Gasteiger partial charge on any atom is 0.273 e. The average Bonchev–Trinajstić information content (AvgIpc) is 3.36. The lowest BCUT2D eigenvalue weighted by atomic mass is 9.95. The van der Waals surface area contributed by atoms with Crippen LogP contribution < -0.4 is 4.74 Å². The van der Waals surface area contributed by atoms with Crippen LogP contribution >= 0.6 is 11.6 Å². The Morgan fingerprint density at radius 3 is 2.58 bits per heavy atom. The molecular weight excluding hydrogens is 438 g/mol. The predicted molar refractivity (Wildman–Crippen MR) is 126 cm³/mol. The Bertz CT molecular complexity index is 1300. The zero-order valence-corrected chi connectivity index (χ0v) is 18.7. The number of phenolic OH excluding ortho intramolecular Hbond substituents is 1. The number of aromatic nitrogens is 2. The second-order valence-corrected chi connectivity index (χ2v) is 8.29. The number of amides is 1. The summed E-state index contributed by atoms with van der Waals surface area (Å²) in [5, 5.41) is 18.3. The molecule has 7 heteroatoms. The van der Waals surface area contributed by atoms with Crippen molar-refractivity contribution in [3.05, 3.63) is 100 Å². The highest BCUT2D eigenvalue weighted by Gasteiger charge is 2.42. The van der Waals surface area contributed by atoms with E-state index < -0.39 is 6.04 Å². The van der Waals surface area contributed by atoms with Gasteiger partial charge in [-0.3, -0.25) is 9.89 Å². The van der Waals surface area contributed by atoms with Gasteiger partial charge in [-0.2, -0.15) is 5.10 Å².